The lowest BCUT2D eigenvalue weighted by atomic mass is 10.4. The standard InChI is InChI=1S/C13H16Cl2N2O3S/c1-10(18)16-5-2-6-17(8-7-16)21(19,20)11-3-4-12(14)13(15)9-11/h3-4,9H,2,5-8H2,1H3. The van der Waals surface area contributed by atoms with Crippen LogP contribution in [0.15, 0.2) is 23.1 Å². The van der Waals surface area contributed by atoms with Crippen LogP contribution in [-0.2, 0) is 14.8 Å². The van der Waals surface area contributed by atoms with Crippen molar-refractivity contribution in [2.75, 3.05) is 26.2 Å². The summed E-state index contributed by atoms with van der Waals surface area (Å²) in [5.74, 6) is -0.0382. The molecule has 0 bridgehead atoms. The zero-order valence-electron chi connectivity index (χ0n) is 11.6. The number of nitrogens with zero attached hydrogens (tertiary/aromatic N) is 2. The third-order valence-electron chi connectivity index (χ3n) is 3.43. The number of hydrogen-bond acceptors (Lipinski definition) is 3. The molecule has 0 aliphatic carbocycles. The van der Waals surface area contributed by atoms with Crippen molar-refractivity contribution in [2.24, 2.45) is 0 Å². The van der Waals surface area contributed by atoms with E-state index in [0.717, 1.165) is 0 Å². The van der Waals surface area contributed by atoms with Crippen molar-refractivity contribution in [1.29, 1.82) is 0 Å². The third kappa shape index (κ3) is 3.69. The third-order valence-corrected chi connectivity index (χ3v) is 6.06. The fourth-order valence-corrected chi connectivity index (χ4v) is 4.09. The maximum atomic E-state index is 12.6. The fourth-order valence-electron chi connectivity index (χ4n) is 2.24. The number of benzene rings is 1. The SMILES string of the molecule is CC(=O)N1CCCN(S(=O)(=O)c2ccc(Cl)c(Cl)c2)CC1. The van der Waals surface area contributed by atoms with E-state index in [1.807, 2.05) is 0 Å². The first-order valence-corrected chi connectivity index (χ1v) is 8.72. The molecule has 1 heterocycles. The van der Waals surface area contributed by atoms with E-state index in [1.54, 1.807) is 4.90 Å². The molecule has 1 fully saturated rings. The van der Waals surface area contributed by atoms with Crippen LogP contribution in [0.5, 0.6) is 0 Å². The summed E-state index contributed by atoms with van der Waals surface area (Å²) < 4.78 is 26.6. The second kappa shape index (κ2) is 6.52. The van der Waals surface area contributed by atoms with E-state index in [1.165, 1.54) is 29.4 Å². The molecule has 1 aliphatic rings. The monoisotopic (exact) mass is 350 g/mol. The molecule has 0 saturated carbocycles. The molecule has 0 radical (unpaired) electrons. The minimum atomic E-state index is -3.62. The Morgan fingerprint density at radius 3 is 2.43 bits per heavy atom. The highest BCUT2D eigenvalue weighted by Gasteiger charge is 2.27. The molecule has 8 heteroatoms. The van der Waals surface area contributed by atoms with Crippen molar-refractivity contribution < 1.29 is 13.2 Å². The molecule has 1 amide bonds. The van der Waals surface area contributed by atoms with Gasteiger partial charge in [-0.25, -0.2) is 8.42 Å². The summed E-state index contributed by atoms with van der Waals surface area (Å²) in [4.78, 5) is 13.2. The van der Waals surface area contributed by atoms with Crippen molar-refractivity contribution in [3.8, 4) is 0 Å². The first-order valence-electron chi connectivity index (χ1n) is 6.53. The zero-order chi connectivity index (χ0) is 15.6. The zero-order valence-corrected chi connectivity index (χ0v) is 13.9. The summed E-state index contributed by atoms with van der Waals surface area (Å²) in [7, 11) is -3.62. The first-order chi connectivity index (χ1) is 9.82. The largest absolute Gasteiger partial charge is 0.342 e. The Hall–Kier alpha value is -0.820. The van der Waals surface area contributed by atoms with Crippen molar-refractivity contribution >= 4 is 39.1 Å². The molecule has 0 spiro atoms. The molecule has 1 aromatic carbocycles. The molecular formula is C13H16Cl2N2O3S. The first kappa shape index (κ1) is 16.5. The summed E-state index contributed by atoms with van der Waals surface area (Å²) in [5, 5.41) is 0.521. The van der Waals surface area contributed by atoms with Crippen molar-refractivity contribution in [3.05, 3.63) is 28.2 Å². The molecule has 2 rings (SSSR count). The number of rotatable bonds is 2. The number of sulfonamides is 1. The number of carbonyl (C=O) groups excluding carboxylic acids is 1. The van der Waals surface area contributed by atoms with Gasteiger partial charge in [0.2, 0.25) is 15.9 Å². The van der Waals surface area contributed by atoms with E-state index >= 15 is 0 Å². The smallest absolute Gasteiger partial charge is 0.243 e. The Balaban J connectivity index is 2.23. The minimum absolute atomic E-state index is 0.0382. The highest BCUT2D eigenvalue weighted by molar-refractivity contribution is 7.89. The van der Waals surface area contributed by atoms with Gasteiger partial charge in [-0.05, 0) is 24.6 Å². The molecular weight excluding hydrogens is 335 g/mol. The van der Waals surface area contributed by atoms with Crippen LogP contribution in [0.25, 0.3) is 0 Å². The average Bonchev–Trinajstić information content (AvgIpc) is 2.68. The Morgan fingerprint density at radius 1 is 1.10 bits per heavy atom. The lowest BCUT2D eigenvalue weighted by molar-refractivity contribution is -0.128. The highest BCUT2D eigenvalue weighted by atomic mass is 35.5. The number of halogens is 2. The summed E-state index contributed by atoms with van der Waals surface area (Å²) in [6.45, 7) is 3.12. The van der Waals surface area contributed by atoms with Gasteiger partial charge in [0, 0.05) is 33.1 Å². The molecule has 116 valence electrons. The second-order valence-electron chi connectivity index (χ2n) is 4.84. The Labute approximate surface area is 134 Å². The summed E-state index contributed by atoms with van der Waals surface area (Å²) >= 11 is 11.7. The van der Waals surface area contributed by atoms with Gasteiger partial charge in [-0.2, -0.15) is 4.31 Å². The van der Waals surface area contributed by atoms with Gasteiger partial charge in [0.1, 0.15) is 0 Å². The number of carbonyl (C=O) groups is 1. The molecule has 0 unspecified atom stereocenters. The van der Waals surface area contributed by atoms with Crippen LogP contribution >= 0.6 is 23.2 Å². The van der Waals surface area contributed by atoms with Crippen LogP contribution in [-0.4, -0.2) is 49.7 Å². The van der Waals surface area contributed by atoms with Crippen LogP contribution in [0.3, 0.4) is 0 Å². The van der Waals surface area contributed by atoms with Crippen LogP contribution < -0.4 is 0 Å². The summed E-state index contributed by atoms with van der Waals surface area (Å²) in [6.07, 6.45) is 0.611. The molecule has 1 saturated heterocycles. The van der Waals surface area contributed by atoms with Gasteiger partial charge in [0.05, 0.1) is 14.9 Å². The molecule has 0 N–H and O–H groups in total. The van der Waals surface area contributed by atoms with Crippen molar-refractivity contribution in [3.63, 3.8) is 0 Å². The predicted molar refractivity (Wildman–Crippen MR) is 82.1 cm³/mol. The number of amides is 1. The second-order valence-corrected chi connectivity index (χ2v) is 7.59. The average molecular weight is 351 g/mol. The maximum Gasteiger partial charge on any atom is 0.243 e. The lowest BCUT2D eigenvalue weighted by Gasteiger charge is -2.21. The van der Waals surface area contributed by atoms with Crippen molar-refractivity contribution in [2.45, 2.75) is 18.2 Å². The fraction of sp³-hybridized carbons (Fsp3) is 0.462. The van der Waals surface area contributed by atoms with Gasteiger partial charge in [-0.3, -0.25) is 4.79 Å². The molecule has 1 aliphatic heterocycles. The highest BCUT2D eigenvalue weighted by Crippen LogP contribution is 2.27. The Bertz CT molecular complexity index is 649. The van der Waals surface area contributed by atoms with Crippen LogP contribution in [0.4, 0.5) is 0 Å². The van der Waals surface area contributed by atoms with E-state index in [4.69, 9.17) is 23.2 Å². The summed E-state index contributed by atoms with van der Waals surface area (Å²) in [5.41, 5.74) is 0. The molecule has 21 heavy (non-hydrogen) atoms. The quantitative estimate of drug-likeness (QED) is 0.821. The molecule has 0 aromatic heterocycles. The van der Waals surface area contributed by atoms with E-state index < -0.39 is 10.0 Å². The van der Waals surface area contributed by atoms with Gasteiger partial charge < -0.3 is 4.90 Å². The maximum absolute atomic E-state index is 12.6. The number of hydrogen-bond donors (Lipinski definition) is 0. The van der Waals surface area contributed by atoms with Gasteiger partial charge in [0.25, 0.3) is 0 Å². The summed E-state index contributed by atoms with van der Waals surface area (Å²) in [6, 6.07) is 4.26. The van der Waals surface area contributed by atoms with E-state index in [0.29, 0.717) is 31.1 Å². The Morgan fingerprint density at radius 2 is 1.81 bits per heavy atom. The van der Waals surface area contributed by atoms with Crippen LogP contribution in [0.1, 0.15) is 13.3 Å². The van der Waals surface area contributed by atoms with Crippen LogP contribution in [0.2, 0.25) is 10.0 Å². The molecule has 1 aromatic rings. The van der Waals surface area contributed by atoms with Gasteiger partial charge in [-0.1, -0.05) is 23.2 Å². The molecule has 5 nitrogen and oxygen atoms in total. The van der Waals surface area contributed by atoms with Gasteiger partial charge in [0.15, 0.2) is 0 Å². The lowest BCUT2D eigenvalue weighted by Crippen LogP contribution is -2.36. The normalized spacial score (nSPS) is 17.6. The van der Waals surface area contributed by atoms with Gasteiger partial charge >= 0.3 is 0 Å². The Kier molecular flexibility index (Phi) is 5.14. The minimum Gasteiger partial charge on any atom is -0.342 e. The van der Waals surface area contributed by atoms with Crippen molar-refractivity contribution in [1.82, 2.24) is 9.21 Å². The molecule has 0 atom stereocenters. The predicted octanol–water partition coefficient (Wildman–Crippen LogP) is 2.24. The van der Waals surface area contributed by atoms with E-state index in [2.05, 4.69) is 0 Å². The van der Waals surface area contributed by atoms with E-state index in [-0.39, 0.29) is 22.4 Å². The van der Waals surface area contributed by atoms with Crippen LogP contribution in [0, 0.1) is 0 Å². The topological polar surface area (TPSA) is 57.7 Å². The van der Waals surface area contributed by atoms with Gasteiger partial charge in [-0.15, -0.1) is 0 Å². The van der Waals surface area contributed by atoms with E-state index in [9.17, 15) is 13.2 Å².